The molecule has 1 aromatic heterocycles. The number of hydrogen-bond donors (Lipinski definition) is 3. The minimum atomic E-state index is -4.90. The number of amides is 1. The van der Waals surface area contributed by atoms with Gasteiger partial charge in [0.25, 0.3) is 5.91 Å². The number of nitrogens with one attached hydrogen (secondary N) is 2. The average molecular weight is 462 g/mol. The maximum atomic E-state index is 13.1. The number of carboxylic acid groups (broad SMARTS) is 1. The Balaban J connectivity index is 0.00000190. The number of carbonyl (C=O) groups excluding carboxylic acids is 1. The van der Waals surface area contributed by atoms with Gasteiger partial charge in [0.15, 0.2) is 5.69 Å². The normalized spacial score (nSPS) is 10.5. The predicted octanol–water partition coefficient (Wildman–Crippen LogP) is 5.27. The lowest BCUT2D eigenvalue weighted by Crippen LogP contribution is -2.21. The minimum Gasteiger partial charge on any atom is -0.476 e. The van der Waals surface area contributed by atoms with Gasteiger partial charge >= 0.3 is 12.1 Å². The first-order chi connectivity index (χ1) is 13.1. The van der Waals surface area contributed by atoms with E-state index in [1.54, 1.807) is 31.2 Å². The Morgan fingerprint density at radius 2 is 1.75 bits per heavy atom. The number of hydrogen-bond acceptors (Lipinski definition) is 4. The molecule has 0 atom stereocenters. The lowest BCUT2D eigenvalue weighted by molar-refractivity contribution is -0.141. The topological polar surface area (TPSA) is 91.3 Å². The first-order valence-corrected chi connectivity index (χ1v) is 9.09. The van der Waals surface area contributed by atoms with Crippen molar-refractivity contribution in [1.29, 1.82) is 0 Å². The van der Waals surface area contributed by atoms with Crippen molar-refractivity contribution >= 4 is 39.2 Å². The summed E-state index contributed by atoms with van der Waals surface area (Å²) in [5, 5.41) is 14.2. The van der Waals surface area contributed by atoms with Gasteiger partial charge in [-0.25, -0.2) is 9.78 Å². The number of anilines is 2. The second kappa shape index (κ2) is 10.1. The van der Waals surface area contributed by atoms with Gasteiger partial charge in [-0.15, -0.1) is 0 Å². The molecule has 0 spiro atoms. The molecule has 0 aliphatic heterocycles. The van der Waals surface area contributed by atoms with E-state index < -0.39 is 35.0 Å². The third-order valence-corrected chi connectivity index (χ3v) is 3.74. The summed E-state index contributed by atoms with van der Waals surface area (Å²) in [4.78, 5) is 27.0. The molecule has 1 amide bonds. The summed E-state index contributed by atoms with van der Waals surface area (Å²) < 4.78 is 39.9. The highest BCUT2D eigenvalue weighted by atomic mass is 79.9. The number of alkyl halides is 3. The number of halogens is 4. The van der Waals surface area contributed by atoms with Crippen molar-refractivity contribution in [3.05, 3.63) is 51.8 Å². The van der Waals surface area contributed by atoms with Gasteiger partial charge in [-0.05, 0) is 37.3 Å². The van der Waals surface area contributed by atoms with Gasteiger partial charge < -0.3 is 15.7 Å². The molecule has 28 heavy (non-hydrogen) atoms. The van der Waals surface area contributed by atoms with Crippen molar-refractivity contribution in [1.82, 2.24) is 4.98 Å². The highest BCUT2D eigenvalue weighted by Crippen LogP contribution is 2.32. The van der Waals surface area contributed by atoms with Gasteiger partial charge in [-0.3, -0.25) is 4.79 Å². The van der Waals surface area contributed by atoms with Gasteiger partial charge in [-0.2, -0.15) is 13.2 Å². The van der Waals surface area contributed by atoms with Crippen molar-refractivity contribution in [2.24, 2.45) is 0 Å². The van der Waals surface area contributed by atoms with Crippen LogP contribution in [0, 0.1) is 0 Å². The Morgan fingerprint density at radius 1 is 1.18 bits per heavy atom. The summed E-state index contributed by atoms with van der Waals surface area (Å²) >= 11 is 3.22. The van der Waals surface area contributed by atoms with E-state index in [1.807, 2.05) is 13.8 Å². The second-order valence-corrected chi connectivity index (χ2v) is 5.99. The quantitative estimate of drug-likeness (QED) is 0.563. The summed E-state index contributed by atoms with van der Waals surface area (Å²) in [6.07, 6.45) is -4.90. The van der Waals surface area contributed by atoms with Gasteiger partial charge in [0.2, 0.25) is 0 Å². The molecule has 0 fully saturated rings. The van der Waals surface area contributed by atoms with Crippen LogP contribution in [0.25, 0.3) is 0 Å². The van der Waals surface area contributed by atoms with Crippen molar-refractivity contribution in [3.63, 3.8) is 0 Å². The molecule has 10 heteroatoms. The molecule has 1 heterocycles. The fraction of sp³-hybridized carbons (Fsp3) is 0.278. The minimum absolute atomic E-state index is 0.186. The Kier molecular flexibility index (Phi) is 8.42. The van der Waals surface area contributed by atoms with E-state index in [0.717, 1.165) is 4.47 Å². The molecule has 2 rings (SSSR count). The Hall–Kier alpha value is -2.62. The van der Waals surface area contributed by atoms with E-state index in [4.69, 9.17) is 0 Å². The number of pyridine rings is 1. The molecule has 0 saturated carbocycles. The standard InChI is InChI=1S/C16H13BrF3N3O3.C2H6/c1-2-21-12-10(14(24)22-9-5-3-8(17)4-6-9)7-11(16(18,19)20)23-13(12)15(25)26;1-2/h3-7,21H,2H2,1H3,(H,22,24)(H,25,26);1-2H3. The zero-order valence-electron chi connectivity index (χ0n) is 15.3. The van der Waals surface area contributed by atoms with E-state index in [0.29, 0.717) is 11.8 Å². The first kappa shape index (κ1) is 23.4. The van der Waals surface area contributed by atoms with Crippen LogP contribution >= 0.6 is 15.9 Å². The Bertz CT molecular complexity index is 840. The highest BCUT2D eigenvalue weighted by molar-refractivity contribution is 9.10. The molecule has 0 bridgehead atoms. The van der Waals surface area contributed by atoms with Crippen LogP contribution < -0.4 is 10.6 Å². The molecule has 152 valence electrons. The number of carbonyl (C=O) groups is 2. The smallest absolute Gasteiger partial charge is 0.433 e. The summed E-state index contributed by atoms with van der Waals surface area (Å²) in [7, 11) is 0. The molecule has 0 unspecified atom stereocenters. The van der Waals surface area contributed by atoms with E-state index >= 15 is 0 Å². The summed E-state index contributed by atoms with van der Waals surface area (Å²) in [5.74, 6) is -2.57. The number of carboxylic acids is 1. The van der Waals surface area contributed by atoms with Crippen LogP contribution in [0.1, 0.15) is 47.3 Å². The molecule has 6 nitrogen and oxygen atoms in total. The maximum absolute atomic E-state index is 13.1. The summed E-state index contributed by atoms with van der Waals surface area (Å²) in [5.41, 5.74) is -2.74. The lowest BCUT2D eigenvalue weighted by Gasteiger charge is -2.16. The fourth-order valence-electron chi connectivity index (χ4n) is 2.11. The number of aromatic nitrogens is 1. The maximum Gasteiger partial charge on any atom is 0.433 e. The van der Waals surface area contributed by atoms with E-state index in [-0.39, 0.29) is 12.2 Å². The fourth-order valence-corrected chi connectivity index (χ4v) is 2.38. The molecule has 2 aromatic rings. The highest BCUT2D eigenvalue weighted by Gasteiger charge is 2.36. The van der Waals surface area contributed by atoms with Crippen molar-refractivity contribution in [3.8, 4) is 0 Å². The molecule has 0 radical (unpaired) electrons. The summed E-state index contributed by atoms with van der Waals surface area (Å²) in [6.45, 7) is 5.80. The molecule has 0 aliphatic rings. The number of rotatable bonds is 5. The second-order valence-electron chi connectivity index (χ2n) is 5.07. The van der Waals surface area contributed by atoms with Crippen LogP contribution in [0.3, 0.4) is 0 Å². The largest absolute Gasteiger partial charge is 0.476 e. The van der Waals surface area contributed by atoms with Gasteiger partial charge in [0.05, 0.1) is 11.3 Å². The Labute approximate surface area is 168 Å². The average Bonchev–Trinajstić information content (AvgIpc) is 2.64. The van der Waals surface area contributed by atoms with Crippen molar-refractivity contribution in [2.75, 3.05) is 17.2 Å². The van der Waals surface area contributed by atoms with E-state index in [2.05, 4.69) is 31.5 Å². The molecule has 1 aromatic carbocycles. The van der Waals surface area contributed by atoms with E-state index in [1.165, 1.54) is 0 Å². The molecular formula is C18H19BrF3N3O3. The van der Waals surface area contributed by atoms with Crippen LogP contribution in [-0.2, 0) is 6.18 Å². The zero-order chi connectivity index (χ0) is 21.5. The SMILES string of the molecule is CC.CCNc1c(C(=O)Nc2ccc(Br)cc2)cc(C(F)(F)F)nc1C(=O)O. The van der Waals surface area contributed by atoms with Crippen molar-refractivity contribution in [2.45, 2.75) is 26.9 Å². The Morgan fingerprint density at radius 3 is 2.21 bits per heavy atom. The predicted molar refractivity (Wildman–Crippen MR) is 104 cm³/mol. The zero-order valence-corrected chi connectivity index (χ0v) is 16.9. The van der Waals surface area contributed by atoms with Gasteiger partial charge in [-0.1, -0.05) is 29.8 Å². The molecular weight excluding hydrogens is 443 g/mol. The first-order valence-electron chi connectivity index (χ1n) is 8.29. The molecule has 0 aliphatic carbocycles. The van der Waals surface area contributed by atoms with Crippen LogP contribution in [0.2, 0.25) is 0 Å². The van der Waals surface area contributed by atoms with E-state index in [9.17, 15) is 27.9 Å². The monoisotopic (exact) mass is 461 g/mol. The van der Waals surface area contributed by atoms with Crippen LogP contribution in [0.5, 0.6) is 0 Å². The molecule has 0 saturated heterocycles. The number of aromatic carboxylic acids is 1. The van der Waals surface area contributed by atoms with Crippen LogP contribution in [0.15, 0.2) is 34.8 Å². The van der Waals surface area contributed by atoms with Gasteiger partial charge in [0, 0.05) is 16.7 Å². The molecule has 3 N–H and O–H groups in total. The lowest BCUT2D eigenvalue weighted by atomic mass is 10.1. The van der Waals surface area contributed by atoms with Crippen molar-refractivity contribution < 1.29 is 27.9 Å². The third kappa shape index (κ3) is 5.95. The third-order valence-electron chi connectivity index (χ3n) is 3.21. The van der Waals surface area contributed by atoms with Gasteiger partial charge in [0.1, 0.15) is 5.69 Å². The number of benzene rings is 1. The summed E-state index contributed by atoms with van der Waals surface area (Å²) in [6, 6.07) is 6.88. The van der Waals surface area contributed by atoms with Crippen LogP contribution in [-0.4, -0.2) is 28.5 Å². The number of nitrogens with zero attached hydrogens (tertiary/aromatic N) is 1. The van der Waals surface area contributed by atoms with Crippen LogP contribution in [0.4, 0.5) is 24.5 Å².